The Kier molecular flexibility index (Phi) is 2.12. The van der Waals surface area contributed by atoms with E-state index in [0.29, 0.717) is 12.8 Å². The molecule has 2 aliphatic rings. The zero-order valence-electron chi connectivity index (χ0n) is 11.3. The minimum atomic E-state index is -0.411. The van der Waals surface area contributed by atoms with Crippen molar-refractivity contribution in [2.45, 2.75) is 25.2 Å². The summed E-state index contributed by atoms with van der Waals surface area (Å²) in [6.07, 6.45) is 0.853. The molecule has 98 valence electrons. The molecule has 0 bridgehead atoms. The maximum Gasteiger partial charge on any atom is 0.164 e. The SMILES string of the molecule is Cc1cccc2c1C1(CC(=O)c3ccccc31)CC2=O. The molecule has 0 saturated heterocycles. The van der Waals surface area contributed by atoms with Crippen molar-refractivity contribution in [1.29, 1.82) is 0 Å². The molecule has 0 aliphatic heterocycles. The Morgan fingerprint density at radius 2 is 1.50 bits per heavy atom. The number of Topliss-reactive ketones (excluding diaryl/α,β-unsaturated/α-hetero) is 2. The van der Waals surface area contributed by atoms with Gasteiger partial charge in [-0.05, 0) is 23.6 Å². The van der Waals surface area contributed by atoms with E-state index in [0.717, 1.165) is 27.8 Å². The van der Waals surface area contributed by atoms with Crippen molar-refractivity contribution in [3.05, 3.63) is 70.3 Å². The lowest BCUT2D eigenvalue weighted by Gasteiger charge is -2.26. The quantitative estimate of drug-likeness (QED) is 0.728. The van der Waals surface area contributed by atoms with Crippen molar-refractivity contribution >= 4 is 11.6 Å². The van der Waals surface area contributed by atoms with Crippen molar-refractivity contribution in [2.75, 3.05) is 0 Å². The molecule has 0 N–H and O–H groups in total. The molecule has 0 saturated carbocycles. The number of aryl methyl sites for hydroxylation is 1. The van der Waals surface area contributed by atoms with Crippen LogP contribution in [-0.2, 0) is 5.41 Å². The molecule has 2 heteroatoms. The molecule has 0 radical (unpaired) electrons. The van der Waals surface area contributed by atoms with Crippen molar-refractivity contribution in [3.63, 3.8) is 0 Å². The molecule has 1 unspecified atom stereocenters. The Morgan fingerprint density at radius 3 is 2.30 bits per heavy atom. The van der Waals surface area contributed by atoms with Crippen LogP contribution in [0.4, 0.5) is 0 Å². The largest absolute Gasteiger partial charge is 0.294 e. The molecule has 0 aromatic heterocycles. The average Bonchev–Trinajstić information content (AvgIpc) is 2.88. The lowest BCUT2D eigenvalue weighted by Crippen LogP contribution is -2.23. The first kappa shape index (κ1) is 11.6. The van der Waals surface area contributed by atoms with Gasteiger partial charge in [0.25, 0.3) is 0 Å². The molecular weight excluding hydrogens is 248 g/mol. The van der Waals surface area contributed by atoms with Crippen LogP contribution in [0.2, 0.25) is 0 Å². The van der Waals surface area contributed by atoms with E-state index in [1.807, 2.05) is 49.4 Å². The second-order valence-corrected chi connectivity index (χ2v) is 5.83. The molecule has 0 fully saturated rings. The van der Waals surface area contributed by atoms with Gasteiger partial charge in [-0.25, -0.2) is 0 Å². The second-order valence-electron chi connectivity index (χ2n) is 5.83. The Hall–Kier alpha value is -2.22. The van der Waals surface area contributed by atoms with Crippen LogP contribution >= 0.6 is 0 Å². The number of ketones is 2. The lowest BCUT2D eigenvalue weighted by atomic mass is 9.75. The van der Waals surface area contributed by atoms with Gasteiger partial charge in [0.1, 0.15) is 0 Å². The Morgan fingerprint density at radius 1 is 0.850 bits per heavy atom. The predicted octanol–water partition coefficient (Wildman–Crippen LogP) is 3.45. The average molecular weight is 262 g/mol. The minimum absolute atomic E-state index is 0.157. The van der Waals surface area contributed by atoms with E-state index in [9.17, 15) is 9.59 Å². The summed E-state index contributed by atoms with van der Waals surface area (Å²) in [5.41, 5.74) is 4.39. The van der Waals surface area contributed by atoms with E-state index in [1.165, 1.54) is 0 Å². The van der Waals surface area contributed by atoms with Crippen LogP contribution in [0.5, 0.6) is 0 Å². The minimum Gasteiger partial charge on any atom is -0.294 e. The Labute approximate surface area is 117 Å². The molecule has 1 spiro atoms. The number of hydrogen-bond donors (Lipinski definition) is 0. The maximum absolute atomic E-state index is 12.4. The molecule has 20 heavy (non-hydrogen) atoms. The van der Waals surface area contributed by atoms with E-state index < -0.39 is 5.41 Å². The standard InChI is InChI=1S/C18H14O2/c1-11-5-4-7-13-16(20)10-18(17(11)13)9-15(19)12-6-2-3-8-14(12)18/h2-8H,9-10H2,1H3. The highest BCUT2D eigenvalue weighted by atomic mass is 16.1. The van der Waals surface area contributed by atoms with Gasteiger partial charge in [-0.15, -0.1) is 0 Å². The van der Waals surface area contributed by atoms with Crippen LogP contribution in [0.1, 0.15) is 50.2 Å². The third kappa shape index (κ3) is 1.24. The smallest absolute Gasteiger partial charge is 0.164 e. The molecule has 2 aromatic carbocycles. The molecular formula is C18H14O2. The number of fused-ring (bicyclic) bond motifs is 4. The molecule has 2 aliphatic carbocycles. The van der Waals surface area contributed by atoms with Gasteiger partial charge in [0.05, 0.1) is 0 Å². The number of hydrogen-bond acceptors (Lipinski definition) is 2. The Bertz CT molecular complexity index is 769. The third-order valence-corrected chi connectivity index (χ3v) is 4.72. The topological polar surface area (TPSA) is 34.1 Å². The monoisotopic (exact) mass is 262 g/mol. The summed E-state index contributed by atoms with van der Waals surface area (Å²) in [5, 5.41) is 0. The summed E-state index contributed by atoms with van der Waals surface area (Å²) in [4.78, 5) is 24.7. The third-order valence-electron chi connectivity index (χ3n) is 4.72. The van der Waals surface area contributed by atoms with E-state index in [2.05, 4.69) is 0 Å². The normalized spacial score (nSPS) is 23.2. The molecule has 2 aromatic rings. The predicted molar refractivity (Wildman–Crippen MR) is 76.3 cm³/mol. The summed E-state index contributed by atoms with van der Waals surface area (Å²) in [7, 11) is 0. The van der Waals surface area contributed by atoms with Gasteiger partial charge in [-0.1, -0.05) is 42.5 Å². The van der Waals surface area contributed by atoms with Gasteiger partial charge in [-0.3, -0.25) is 9.59 Å². The maximum atomic E-state index is 12.4. The summed E-state index contributed by atoms with van der Waals surface area (Å²) in [6.45, 7) is 2.03. The fraction of sp³-hybridized carbons (Fsp3) is 0.222. The lowest BCUT2D eigenvalue weighted by molar-refractivity contribution is 0.0957. The van der Waals surface area contributed by atoms with Crippen molar-refractivity contribution in [1.82, 2.24) is 0 Å². The first-order valence-corrected chi connectivity index (χ1v) is 6.89. The summed E-state index contributed by atoms with van der Waals surface area (Å²) < 4.78 is 0. The number of benzene rings is 2. The van der Waals surface area contributed by atoms with Crippen molar-refractivity contribution in [2.24, 2.45) is 0 Å². The summed E-state index contributed by atoms with van der Waals surface area (Å²) in [6, 6.07) is 13.6. The van der Waals surface area contributed by atoms with E-state index >= 15 is 0 Å². The fourth-order valence-corrected chi connectivity index (χ4v) is 3.98. The molecule has 1 atom stereocenters. The zero-order chi connectivity index (χ0) is 13.9. The highest BCUT2D eigenvalue weighted by Gasteiger charge is 2.51. The van der Waals surface area contributed by atoms with Crippen molar-refractivity contribution in [3.8, 4) is 0 Å². The van der Waals surface area contributed by atoms with Crippen molar-refractivity contribution < 1.29 is 9.59 Å². The number of carbonyl (C=O) groups is 2. The van der Waals surface area contributed by atoms with Crippen LogP contribution in [0.25, 0.3) is 0 Å². The van der Waals surface area contributed by atoms with E-state index in [-0.39, 0.29) is 11.6 Å². The number of carbonyl (C=O) groups excluding carboxylic acids is 2. The number of rotatable bonds is 0. The first-order valence-electron chi connectivity index (χ1n) is 6.89. The molecule has 0 amide bonds. The Balaban J connectivity index is 2.08. The van der Waals surface area contributed by atoms with Gasteiger partial charge in [-0.2, -0.15) is 0 Å². The van der Waals surface area contributed by atoms with Gasteiger partial charge in [0.15, 0.2) is 11.6 Å². The van der Waals surface area contributed by atoms with Gasteiger partial charge < -0.3 is 0 Å². The van der Waals surface area contributed by atoms with Crippen LogP contribution < -0.4 is 0 Å². The zero-order valence-corrected chi connectivity index (χ0v) is 11.3. The molecule has 4 rings (SSSR count). The molecule has 0 heterocycles. The highest BCUT2D eigenvalue weighted by Crippen LogP contribution is 2.52. The van der Waals surface area contributed by atoms with Crippen LogP contribution in [0, 0.1) is 6.92 Å². The first-order chi connectivity index (χ1) is 9.63. The summed E-state index contributed by atoms with van der Waals surface area (Å²) in [5.74, 6) is 0.317. The summed E-state index contributed by atoms with van der Waals surface area (Å²) >= 11 is 0. The van der Waals surface area contributed by atoms with Crippen LogP contribution in [0.3, 0.4) is 0 Å². The van der Waals surface area contributed by atoms with E-state index in [1.54, 1.807) is 0 Å². The second kappa shape index (κ2) is 3.66. The molecule has 2 nitrogen and oxygen atoms in total. The van der Waals surface area contributed by atoms with Gasteiger partial charge in [0, 0.05) is 29.4 Å². The van der Waals surface area contributed by atoms with Crippen LogP contribution in [0.15, 0.2) is 42.5 Å². The van der Waals surface area contributed by atoms with Crippen LogP contribution in [-0.4, -0.2) is 11.6 Å². The fourth-order valence-electron chi connectivity index (χ4n) is 3.98. The van der Waals surface area contributed by atoms with Gasteiger partial charge in [0.2, 0.25) is 0 Å². The van der Waals surface area contributed by atoms with E-state index in [4.69, 9.17) is 0 Å². The van der Waals surface area contributed by atoms with Gasteiger partial charge >= 0.3 is 0 Å². The highest BCUT2D eigenvalue weighted by molar-refractivity contribution is 6.10.